The first kappa shape index (κ1) is 10.1. The van der Waals surface area contributed by atoms with E-state index in [4.69, 9.17) is 5.11 Å². The van der Waals surface area contributed by atoms with Gasteiger partial charge in [0.1, 0.15) is 6.10 Å². The Bertz CT molecular complexity index is 356. The predicted molar refractivity (Wildman–Crippen MR) is 60.8 cm³/mol. The van der Waals surface area contributed by atoms with Crippen molar-refractivity contribution in [1.82, 2.24) is 0 Å². The number of epoxide rings is 1. The van der Waals surface area contributed by atoms with Crippen LogP contribution in [0.5, 0.6) is 0 Å². The molecule has 0 aliphatic carbocycles. The maximum absolute atomic E-state index is 8.08. The average molecular weight is 202 g/mol. The Morgan fingerprint density at radius 3 is 1.60 bits per heavy atom. The lowest BCUT2D eigenvalue weighted by molar-refractivity contribution is 0.244. The summed E-state index contributed by atoms with van der Waals surface area (Å²) in [4.78, 5) is 0. The fraction of sp³-hybridized carbons (Fsp3) is 0.231. The molecule has 2 heteroatoms. The summed E-state index contributed by atoms with van der Waals surface area (Å²) in [5.41, 5.74) is 0. The molecule has 2 aromatic carbocycles. The standard InChI is InChI=1S/C10H8.C3H6O2/c1-2-6-10-8-4-3-7-9(10)5-1;4-1-3-2-5-3/h1-8H;3-4H,1-2H2. The molecule has 1 aliphatic heterocycles. The van der Waals surface area contributed by atoms with Crippen molar-refractivity contribution >= 4 is 10.8 Å². The van der Waals surface area contributed by atoms with Crippen molar-refractivity contribution in [3.8, 4) is 0 Å². The summed E-state index contributed by atoms with van der Waals surface area (Å²) in [7, 11) is 0. The van der Waals surface area contributed by atoms with Crippen LogP contribution in [0.2, 0.25) is 0 Å². The van der Waals surface area contributed by atoms with Gasteiger partial charge in [0.15, 0.2) is 0 Å². The summed E-state index contributed by atoms with van der Waals surface area (Å²) >= 11 is 0. The Morgan fingerprint density at radius 1 is 1.00 bits per heavy atom. The third kappa shape index (κ3) is 3.05. The number of aliphatic hydroxyl groups is 1. The van der Waals surface area contributed by atoms with Gasteiger partial charge in [-0.2, -0.15) is 0 Å². The first-order valence-corrected chi connectivity index (χ1v) is 5.06. The van der Waals surface area contributed by atoms with E-state index in [1.165, 1.54) is 10.8 Å². The molecule has 0 radical (unpaired) electrons. The van der Waals surface area contributed by atoms with Gasteiger partial charge in [-0.3, -0.25) is 0 Å². The van der Waals surface area contributed by atoms with Crippen molar-refractivity contribution in [2.24, 2.45) is 0 Å². The molecule has 78 valence electrons. The quantitative estimate of drug-likeness (QED) is 0.719. The van der Waals surface area contributed by atoms with E-state index in [-0.39, 0.29) is 12.7 Å². The summed E-state index contributed by atoms with van der Waals surface area (Å²) in [6, 6.07) is 16.7. The molecule has 1 N–H and O–H groups in total. The van der Waals surface area contributed by atoms with Gasteiger partial charge in [-0.1, -0.05) is 48.5 Å². The molecule has 0 amide bonds. The number of aliphatic hydroxyl groups excluding tert-OH is 1. The van der Waals surface area contributed by atoms with Crippen LogP contribution in [-0.4, -0.2) is 24.4 Å². The molecule has 2 aromatic rings. The molecule has 1 heterocycles. The minimum Gasteiger partial charge on any atom is -0.394 e. The summed E-state index contributed by atoms with van der Waals surface area (Å²) in [5.74, 6) is 0. The fourth-order valence-corrected chi connectivity index (χ4v) is 1.31. The zero-order chi connectivity index (χ0) is 10.5. The Labute approximate surface area is 89.1 Å². The van der Waals surface area contributed by atoms with Crippen molar-refractivity contribution in [2.75, 3.05) is 13.2 Å². The summed E-state index contributed by atoms with van der Waals surface area (Å²) in [6.07, 6.45) is 0.190. The van der Waals surface area contributed by atoms with E-state index in [1.54, 1.807) is 0 Å². The van der Waals surface area contributed by atoms with E-state index in [2.05, 4.69) is 53.3 Å². The second-order valence-electron chi connectivity index (χ2n) is 3.49. The van der Waals surface area contributed by atoms with Gasteiger partial charge in [-0.25, -0.2) is 0 Å². The topological polar surface area (TPSA) is 32.8 Å². The lowest BCUT2D eigenvalue weighted by atomic mass is 10.1. The molecule has 2 nitrogen and oxygen atoms in total. The van der Waals surface area contributed by atoms with Crippen molar-refractivity contribution in [3.05, 3.63) is 48.5 Å². The summed E-state index contributed by atoms with van der Waals surface area (Å²) < 4.78 is 4.61. The molecular weight excluding hydrogens is 188 g/mol. The number of rotatable bonds is 1. The molecule has 0 bridgehead atoms. The molecule has 0 spiro atoms. The molecule has 0 saturated carbocycles. The van der Waals surface area contributed by atoms with Crippen LogP contribution in [0, 0.1) is 0 Å². The lowest BCUT2D eigenvalue weighted by Crippen LogP contribution is -1.88. The Hall–Kier alpha value is -1.38. The monoisotopic (exact) mass is 202 g/mol. The fourth-order valence-electron chi connectivity index (χ4n) is 1.31. The largest absolute Gasteiger partial charge is 0.394 e. The Kier molecular flexibility index (Phi) is 3.33. The van der Waals surface area contributed by atoms with Crippen LogP contribution >= 0.6 is 0 Å². The second-order valence-corrected chi connectivity index (χ2v) is 3.49. The maximum atomic E-state index is 8.08. The first-order valence-electron chi connectivity index (χ1n) is 5.06. The van der Waals surface area contributed by atoms with Crippen LogP contribution in [-0.2, 0) is 4.74 Å². The second kappa shape index (κ2) is 4.91. The van der Waals surface area contributed by atoms with Crippen molar-refractivity contribution in [1.29, 1.82) is 0 Å². The zero-order valence-electron chi connectivity index (χ0n) is 8.47. The van der Waals surface area contributed by atoms with Gasteiger partial charge in [0.05, 0.1) is 13.2 Å². The highest BCUT2D eigenvalue weighted by molar-refractivity contribution is 5.81. The molecule has 1 unspecified atom stereocenters. The van der Waals surface area contributed by atoms with Crippen molar-refractivity contribution < 1.29 is 9.84 Å². The van der Waals surface area contributed by atoms with Crippen LogP contribution in [0.1, 0.15) is 0 Å². The van der Waals surface area contributed by atoms with E-state index in [9.17, 15) is 0 Å². The van der Waals surface area contributed by atoms with Gasteiger partial charge in [0.25, 0.3) is 0 Å². The number of hydrogen-bond donors (Lipinski definition) is 1. The van der Waals surface area contributed by atoms with E-state index < -0.39 is 0 Å². The minimum absolute atomic E-state index is 0.190. The number of ether oxygens (including phenoxy) is 1. The molecule has 1 saturated heterocycles. The number of benzene rings is 2. The van der Waals surface area contributed by atoms with Crippen LogP contribution in [0.15, 0.2) is 48.5 Å². The van der Waals surface area contributed by atoms with Gasteiger partial charge in [-0.15, -0.1) is 0 Å². The highest BCUT2D eigenvalue weighted by atomic mass is 16.6. The lowest BCUT2D eigenvalue weighted by Gasteiger charge is -1.92. The van der Waals surface area contributed by atoms with E-state index in [0.29, 0.717) is 0 Å². The van der Waals surface area contributed by atoms with Crippen LogP contribution < -0.4 is 0 Å². The van der Waals surface area contributed by atoms with Crippen LogP contribution in [0.25, 0.3) is 10.8 Å². The zero-order valence-corrected chi connectivity index (χ0v) is 8.47. The number of hydrogen-bond acceptors (Lipinski definition) is 2. The average Bonchev–Trinajstić information content (AvgIpc) is 3.14. The van der Waals surface area contributed by atoms with Crippen molar-refractivity contribution in [2.45, 2.75) is 6.10 Å². The highest BCUT2D eigenvalue weighted by Gasteiger charge is 2.19. The van der Waals surface area contributed by atoms with Gasteiger partial charge in [-0.05, 0) is 10.8 Å². The predicted octanol–water partition coefficient (Wildman–Crippen LogP) is 2.22. The molecule has 1 aliphatic rings. The summed E-state index contributed by atoms with van der Waals surface area (Å²) in [6.45, 7) is 0.955. The molecule has 15 heavy (non-hydrogen) atoms. The Balaban J connectivity index is 0.000000144. The molecule has 0 aromatic heterocycles. The molecule has 3 rings (SSSR count). The molecule has 1 atom stereocenters. The van der Waals surface area contributed by atoms with E-state index in [0.717, 1.165) is 6.61 Å². The smallest absolute Gasteiger partial charge is 0.104 e. The number of fused-ring (bicyclic) bond motifs is 1. The van der Waals surface area contributed by atoms with Crippen LogP contribution in [0.4, 0.5) is 0 Å². The SMILES string of the molecule is OCC1CO1.c1ccc2ccccc2c1. The van der Waals surface area contributed by atoms with E-state index >= 15 is 0 Å². The third-order valence-corrected chi connectivity index (χ3v) is 2.26. The maximum Gasteiger partial charge on any atom is 0.104 e. The van der Waals surface area contributed by atoms with Gasteiger partial charge >= 0.3 is 0 Å². The minimum atomic E-state index is 0.190. The summed E-state index contributed by atoms with van der Waals surface area (Å²) in [5, 5.41) is 10.7. The van der Waals surface area contributed by atoms with Crippen molar-refractivity contribution in [3.63, 3.8) is 0 Å². The van der Waals surface area contributed by atoms with Gasteiger partial charge < -0.3 is 9.84 Å². The normalized spacial score (nSPS) is 18.1. The molecular formula is C13H14O2. The third-order valence-electron chi connectivity index (χ3n) is 2.26. The molecule has 1 fully saturated rings. The highest BCUT2D eigenvalue weighted by Crippen LogP contribution is 2.11. The van der Waals surface area contributed by atoms with Gasteiger partial charge in [0.2, 0.25) is 0 Å². The van der Waals surface area contributed by atoms with Crippen LogP contribution in [0.3, 0.4) is 0 Å². The van der Waals surface area contributed by atoms with Gasteiger partial charge in [0, 0.05) is 0 Å². The first-order chi connectivity index (χ1) is 7.40. The Morgan fingerprint density at radius 2 is 1.40 bits per heavy atom. The van der Waals surface area contributed by atoms with E-state index in [1.807, 2.05) is 0 Å².